The summed E-state index contributed by atoms with van der Waals surface area (Å²) in [5.74, 6) is 0. The van der Waals surface area contributed by atoms with Gasteiger partial charge in [-0.05, 0) is 44.2 Å². The summed E-state index contributed by atoms with van der Waals surface area (Å²) >= 11 is 0. The van der Waals surface area contributed by atoms with E-state index in [2.05, 4.69) is 51.6 Å². The molecule has 0 radical (unpaired) electrons. The van der Waals surface area contributed by atoms with Crippen LogP contribution < -0.4 is 5.73 Å². The molecule has 98 valence electrons. The van der Waals surface area contributed by atoms with E-state index in [1.165, 1.54) is 22.3 Å². The van der Waals surface area contributed by atoms with Gasteiger partial charge in [-0.15, -0.1) is 6.58 Å². The van der Waals surface area contributed by atoms with E-state index in [9.17, 15) is 0 Å². The third kappa shape index (κ3) is 3.58. The number of rotatable bonds is 1. The van der Waals surface area contributed by atoms with Gasteiger partial charge >= 0.3 is 0 Å². The minimum atomic E-state index is 0.105. The second kappa shape index (κ2) is 7.17. The Balaban J connectivity index is 0.000000357. The molecule has 0 spiro atoms. The van der Waals surface area contributed by atoms with Crippen LogP contribution in [0.5, 0.6) is 0 Å². The van der Waals surface area contributed by atoms with Crippen molar-refractivity contribution in [3.8, 4) is 0 Å². The van der Waals surface area contributed by atoms with Gasteiger partial charge in [-0.1, -0.05) is 48.4 Å². The fourth-order valence-corrected chi connectivity index (χ4v) is 2.08. The molecule has 0 fully saturated rings. The molecule has 1 aliphatic rings. The molecule has 0 saturated carbocycles. The lowest BCUT2D eigenvalue weighted by atomic mass is 9.97. The van der Waals surface area contributed by atoms with Gasteiger partial charge < -0.3 is 5.73 Å². The molecule has 0 heterocycles. The van der Waals surface area contributed by atoms with Crippen molar-refractivity contribution >= 4 is 0 Å². The second-order valence-electron chi connectivity index (χ2n) is 4.84. The molecule has 2 N–H and O–H groups in total. The summed E-state index contributed by atoms with van der Waals surface area (Å²) in [5.41, 5.74) is 11.7. The Kier molecular flexibility index (Phi) is 5.87. The van der Waals surface area contributed by atoms with Crippen LogP contribution in [0.15, 0.2) is 48.1 Å². The van der Waals surface area contributed by atoms with Gasteiger partial charge in [0.05, 0.1) is 6.04 Å². The molecule has 1 aliphatic carbocycles. The van der Waals surface area contributed by atoms with Gasteiger partial charge in [0.1, 0.15) is 0 Å². The first kappa shape index (κ1) is 14.7. The summed E-state index contributed by atoms with van der Waals surface area (Å²) in [6.07, 6.45) is 5.24. The molecular formula is C17H25N. The number of hydrogen-bond acceptors (Lipinski definition) is 1. The maximum atomic E-state index is 6.22. The van der Waals surface area contributed by atoms with Gasteiger partial charge in [0, 0.05) is 0 Å². The minimum Gasteiger partial charge on any atom is -0.321 e. The third-order valence-electron chi connectivity index (χ3n) is 3.59. The van der Waals surface area contributed by atoms with Crippen LogP contribution >= 0.6 is 0 Å². The fourth-order valence-electron chi connectivity index (χ4n) is 2.08. The van der Waals surface area contributed by atoms with Gasteiger partial charge in [0.15, 0.2) is 0 Å². The summed E-state index contributed by atoms with van der Waals surface area (Å²) in [4.78, 5) is 0. The molecule has 1 aromatic rings. The molecule has 2 rings (SSSR count). The van der Waals surface area contributed by atoms with Crippen LogP contribution in [0.1, 0.15) is 50.8 Å². The Morgan fingerprint density at radius 3 is 2.50 bits per heavy atom. The highest BCUT2D eigenvalue weighted by Gasteiger charge is 2.17. The van der Waals surface area contributed by atoms with Crippen LogP contribution in [0.25, 0.3) is 0 Å². The minimum absolute atomic E-state index is 0.105. The van der Waals surface area contributed by atoms with Crippen LogP contribution in [-0.4, -0.2) is 0 Å². The molecule has 1 unspecified atom stereocenters. The van der Waals surface area contributed by atoms with Crippen LogP contribution in [0.2, 0.25) is 0 Å². The summed E-state index contributed by atoms with van der Waals surface area (Å²) in [6, 6.07) is 8.63. The lowest BCUT2D eigenvalue weighted by molar-refractivity contribution is 0.832. The SMILES string of the molecule is C=CCC.CC1=C(C)C(N)c2ccccc2CC1. The Hall–Kier alpha value is -1.34. The first-order valence-corrected chi connectivity index (χ1v) is 6.72. The number of hydrogen-bond donors (Lipinski definition) is 1. The molecule has 1 aromatic carbocycles. The van der Waals surface area contributed by atoms with E-state index in [0.29, 0.717) is 0 Å². The zero-order valence-electron chi connectivity index (χ0n) is 11.9. The van der Waals surface area contributed by atoms with Crippen molar-refractivity contribution in [2.24, 2.45) is 5.73 Å². The molecule has 18 heavy (non-hydrogen) atoms. The summed E-state index contributed by atoms with van der Waals surface area (Å²) < 4.78 is 0. The van der Waals surface area contributed by atoms with Crippen molar-refractivity contribution in [2.75, 3.05) is 0 Å². The fraction of sp³-hybridized carbons (Fsp3) is 0.412. The predicted molar refractivity (Wildman–Crippen MR) is 80.6 cm³/mol. The lowest BCUT2D eigenvalue weighted by Gasteiger charge is -2.14. The van der Waals surface area contributed by atoms with Gasteiger partial charge in [0.25, 0.3) is 0 Å². The van der Waals surface area contributed by atoms with E-state index in [4.69, 9.17) is 5.73 Å². The normalized spacial score (nSPS) is 18.3. The maximum Gasteiger partial charge on any atom is 0.0513 e. The van der Waals surface area contributed by atoms with E-state index < -0.39 is 0 Å². The second-order valence-corrected chi connectivity index (χ2v) is 4.84. The maximum absolute atomic E-state index is 6.22. The summed E-state index contributed by atoms with van der Waals surface area (Å²) in [7, 11) is 0. The monoisotopic (exact) mass is 243 g/mol. The first-order valence-electron chi connectivity index (χ1n) is 6.72. The van der Waals surface area contributed by atoms with E-state index >= 15 is 0 Å². The molecule has 0 aliphatic heterocycles. The average Bonchev–Trinajstić information content (AvgIpc) is 2.52. The Bertz CT molecular complexity index is 429. The number of allylic oxidation sites excluding steroid dienone is 2. The zero-order chi connectivity index (χ0) is 13.5. The third-order valence-corrected chi connectivity index (χ3v) is 3.59. The molecule has 0 aromatic heterocycles. The number of benzene rings is 1. The summed E-state index contributed by atoms with van der Waals surface area (Å²) in [5, 5.41) is 0. The van der Waals surface area contributed by atoms with Crippen molar-refractivity contribution in [1.29, 1.82) is 0 Å². The number of fused-ring (bicyclic) bond motifs is 1. The molecule has 1 atom stereocenters. The van der Waals surface area contributed by atoms with E-state index in [1.807, 2.05) is 6.08 Å². The Morgan fingerprint density at radius 1 is 1.28 bits per heavy atom. The highest BCUT2D eigenvalue weighted by atomic mass is 14.6. The quantitative estimate of drug-likeness (QED) is 0.719. The largest absolute Gasteiger partial charge is 0.321 e. The molecular weight excluding hydrogens is 218 g/mol. The lowest BCUT2D eigenvalue weighted by Crippen LogP contribution is -2.12. The van der Waals surface area contributed by atoms with E-state index in [0.717, 1.165) is 19.3 Å². The van der Waals surface area contributed by atoms with Gasteiger partial charge in [-0.3, -0.25) is 0 Å². The molecule has 1 nitrogen and oxygen atoms in total. The topological polar surface area (TPSA) is 26.0 Å². The van der Waals surface area contributed by atoms with Gasteiger partial charge in [-0.2, -0.15) is 0 Å². The molecule has 1 heteroatoms. The van der Waals surface area contributed by atoms with Crippen molar-refractivity contribution in [1.82, 2.24) is 0 Å². The highest BCUT2D eigenvalue weighted by Crippen LogP contribution is 2.30. The van der Waals surface area contributed by atoms with E-state index in [1.54, 1.807) is 0 Å². The molecule has 0 saturated heterocycles. The average molecular weight is 243 g/mol. The van der Waals surface area contributed by atoms with Crippen molar-refractivity contribution < 1.29 is 0 Å². The van der Waals surface area contributed by atoms with Crippen molar-refractivity contribution in [3.63, 3.8) is 0 Å². The van der Waals surface area contributed by atoms with Crippen LogP contribution in [0.3, 0.4) is 0 Å². The smallest absolute Gasteiger partial charge is 0.0513 e. The Labute approximate surface area is 111 Å². The van der Waals surface area contributed by atoms with Crippen LogP contribution in [0.4, 0.5) is 0 Å². The van der Waals surface area contributed by atoms with E-state index in [-0.39, 0.29) is 6.04 Å². The number of nitrogens with two attached hydrogens (primary N) is 1. The first-order chi connectivity index (χ1) is 8.61. The number of aryl methyl sites for hydroxylation is 1. The van der Waals surface area contributed by atoms with Gasteiger partial charge in [-0.25, -0.2) is 0 Å². The summed E-state index contributed by atoms with van der Waals surface area (Å²) in [6.45, 7) is 9.89. The predicted octanol–water partition coefficient (Wildman–Crippen LogP) is 4.55. The van der Waals surface area contributed by atoms with Crippen LogP contribution in [-0.2, 0) is 6.42 Å². The highest BCUT2D eigenvalue weighted by molar-refractivity contribution is 5.38. The zero-order valence-corrected chi connectivity index (χ0v) is 11.9. The molecule has 0 amide bonds. The van der Waals surface area contributed by atoms with Gasteiger partial charge in [0.2, 0.25) is 0 Å². The van der Waals surface area contributed by atoms with Crippen molar-refractivity contribution in [3.05, 3.63) is 59.2 Å². The van der Waals surface area contributed by atoms with Crippen LogP contribution in [0, 0.1) is 0 Å². The standard InChI is InChI=1S/C13H17N.C4H8/c1-9-7-8-11-5-3-4-6-12(11)13(14)10(9)2;1-3-4-2/h3-6,13H,7-8,14H2,1-2H3;3H,1,4H2,2H3. The van der Waals surface area contributed by atoms with Crippen molar-refractivity contribution in [2.45, 2.75) is 46.1 Å². The molecule has 0 bridgehead atoms. The Morgan fingerprint density at radius 2 is 1.89 bits per heavy atom.